The summed E-state index contributed by atoms with van der Waals surface area (Å²) in [7, 11) is 3.71. The molecule has 0 bridgehead atoms. The normalized spacial score (nSPS) is 43.0. The van der Waals surface area contributed by atoms with Crippen LogP contribution in [0.2, 0.25) is 0 Å². The van der Waals surface area contributed by atoms with Gasteiger partial charge < -0.3 is 19.5 Å². The van der Waals surface area contributed by atoms with Crippen molar-refractivity contribution in [3.63, 3.8) is 0 Å². The van der Waals surface area contributed by atoms with Crippen molar-refractivity contribution < 1.29 is 17.3 Å². The third-order valence-corrected chi connectivity index (χ3v) is 5.15. The van der Waals surface area contributed by atoms with Crippen LogP contribution >= 0.6 is 0 Å². The molecule has 0 amide bonds. The van der Waals surface area contributed by atoms with Crippen LogP contribution in [0.3, 0.4) is 0 Å². The molecule has 2 aliphatic heterocycles. The molecule has 0 saturated heterocycles. The van der Waals surface area contributed by atoms with Crippen LogP contribution in [0.25, 0.3) is 0 Å². The standard InChI is InChI=1S/C17H23NO3/c1-18-8-7-17-6-5-12(19)9-14(17)21-16-13(20-2)4-3-11(10-18)15(16)17/h3-4,12,14,19H,5-10H2,1-2H3/t12-,14-,17-/m0/s1/i5D,6D/t5?,6?,12-,14-,17-. The Morgan fingerprint density at radius 1 is 1.52 bits per heavy atom. The topological polar surface area (TPSA) is 41.9 Å². The van der Waals surface area contributed by atoms with Gasteiger partial charge in [0.15, 0.2) is 11.5 Å². The summed E-state index contributed by atoms with van der Waals surface area (Å²) in [5.41, 5.74) is 1.69. The lowest BCUT2D eigenvalue weighted by Crippen LogP contribution is -2.45. The van der Waals surface area contributed by atoms with Crippen LogP contribution in [0.5, 0.6) is 11.5 Å². The quantitative estimate of drug-likeness (QED) is 0.860. The summed E-state index contributed by atoms with van der Waals surface area (Å²) in [5.74, 6) is 1.41. The number of aliphatic hydroxyl groups excluding tert-OH is 1. The van der Waals surface area contributed by atoms with Gasteiger partial charge in [0.05, 0.1) is 13.2 Å². The van der Waals surface area contributed by atoms with E-state index in [2.05, 4.69) is 18.0 Å². The van der Waals surface area contributed by atoms with Crippen LogP contribution in [0.15, 0.2) is 12.1 Å². The summed E-state index contributed by atoms with van der Waals surface area (Å²) in [6, 6.07) is 3.98. The van der Waals surface area contributed by atoms with Gasteiger partial charge in [-0.3, -0.25) is 0 Å². The van der Waals surface area contributed by atoms with Crippen molar-refractivity contribution in [2.24, 2.45) is 0 Å². The van der Waals surface area contributed by atoms with Crippen molar-refractivity contribution in [3.8, 4) is 11.5 Å². The lowest BCUT2D eigenvalue weighted by molar-refractivity contribution is 0.0120. The van der Waals surface area contributed by atoms with E-state index >= 15 is 0 Å². The third kappa shape index (κ3) is 1.82. The number of ether oxygens (including phenoxy) is 2. The van der Waals surface area contributed by atoms with E-state index < -0.39 is 24.3 Å². The van der Waals surface area contributed by atoms with Gasteiger partial charge in [0.2, 0.25) is 0 Å². The molecule has 1 N–H and O–H groups in total. The van der Waals surface area contributed by atoms with Crippen molar-refractivity contribution in [2.45, 2.75) is 49.8 Å². The van der Waals surface area contributed by atoms with Gasteiger partial charge in [0.1, 0.15) is 6.10 Å². The molecule has 4 heteroatoms. The van der Waals surface area contributed by atoms with Gasteiger partial charge in [-0.25, -0.2) is 0 Å². The van der Waals surface area contributed by atoms with E-state index in [0.717, 1.165) is 36.4 Å². The number of nitrogens with zero attached hydrogens (tertiary/aromatic N) is 1. The average molecular weight is 291 g/mol. The van der Waals surface area contributed by atoms with Gasteiger partial charge in [-0.1, -0.05) is 6.07 Å². The predicted molar refractivity (Wildman–Crippen MR) is 79.9 cm³/mol. The summed E-state index contributed by atoms with van der Waals surface area (Å²) in [6.07, 6.45) is -1.38. The molecule has 1 fully saturated rings. The van der Waals surface area contributed by atoms with Crippen LogP contribution in [0.4, 0.5) is 0 Å². The number of rotatable bonds is 1. The summed E-state index contributed by atoms with van der Waals surface area (Å²) >= 11 is 0. The molecular formula is C17H23NO3. The Balaban J connectivity index is 1.95. The van der Waals surface area contributed by atoms with Gasteiger partial charge in [0.25, 0.3) is 0 Å². The van der Waals surface area contributed by atoms with E-state index in [1.165, 1.54) is 0 Å². The minimum absolute atomic E-state index is 0.252. The molecule has 4 nitrogen and oxygen atoms in total. The first-order chi connectivity index (χ1) is 11.0. The largest absolute Gasteiger partial charge is 0.493 e. The predicted octanol–water partition coefficient (Wildman–Crippen LogP) is 2.07. The van der Waals surface area contributed by atoms with E-state index in [0.29, 0.717) is 12.2 Å². The van der Waals surface area contributed by atoms with Gasteiger partial charge in [0, 0.05) is 26.7 Å². The van der Waals surface area contributed by atoms with Crippen LogP contribution in [0, 0.1) is 0 Å². The minimum atomic E-state index is -0.808. The second-order valence-corrected chi connectivity index (χ2v) is 6.43. The van der Waals surface area contributed by atoms with Crippen molar-refractivity contribution >= 4 is 0 Å². The maximum Gasteiger partial charge on any atom is 0.165 e. The lowest BCUT2D eigenvalue weighted by atomic mass is 9.65. The third-order valence-electron chi connectivity index (χ3n) is 5.15. The fourth-order valence-electron chi connectivity index (χ4n) is 4.08. The number of aliphatic hydroxyl groups is 1. The summed E-state index contributed by atoms with van der Waals surface area (Å²) in [5, 5.41) is 10.2. The zero-order chi connectivity index (χ0) is 16.4. The molecule has 1 spiro atoms. The molecule has 3 aliphatic rings. The number of methoxy groups -OCH3 is 1. The fraction of sp³-hybridized carbons (Fsp3) is 0.647. The van der Waals surface area contributed by atoms with Gasteiger partial charge in [-0.05, 0) is 44.4 Å². The highest BCUT2D eigenvalue weighted by Gasteiger charge is 2.54. The molecule has 0 radical (unpaired) electrons. The Bertz CT molecular complexity index is 641. The van der Waals surface area contributed by atoms with Crippen molar-refractivity contribution in [1.82, 2.24) is 4.90 Å². The minimum Gasteiger partial charge on any atom is -0.493 e. The Morgan fingerprint density at radius 2 is 2.38 bits per heavy atom. The van der Waals surface area contributed by atoms with E-state index in [1.54, 1.807) is 7.11 Å². The molecular weight excluding hydrogens is 266 g/mol. The molecule has 1 saturated carbocycles. The highest BCUT2D eigenvalue weighted by atomic mass is 16.5. The van der Waals surface area contributed by atoms with Crippen molar-refractivity contribution in [2.75, 3.05) is 20.7 Å². The molecule has 4 rings (SSSR count). The summed E-state index contributed by atoms with van der Waals surface area (Å²) in [4.78, 5) is 2.25. The second kappa shape index (κ2) is 4.62. The molecule has 2 heterocycles. The molecule has 0 aromatic heterocycles. The average Bonchev–Trinajstić information content (AvgIpc) is 2.78. The Labute approximate surface area is 128 Å². The maximum absolute atomic E-state index is 10.2. The first kappa shape index (κ1) is 11.3. The summed E-state index contributed by atoms with van der Waals surface area (Å²) in [6.45, 7) is 1.66. The highest BCUT2D eigenvalue weighted by Crippen LogP contribution is 2.57. The highest BCUT2D eigenvalue weighted by molar-refractivity contribution is 5.58. The zero-order valence-corrected chi connectivity index (χ0v) is 12.5. The maximum atomic E-state index is 10.2. The van der Waals surface area contributed by atoms with Gasteiger partial charge in [-0.15, -0.1) is 0 Å². The molecule has 21 heavy (non-hydrogen) atoms. The van der Waals surface area contributed by atoms with Crippen molar-refractivity contribution in [1.29, 1.82) is 0 Å². The lowest BCUT2D eigenvalue weighted by Gasteiger charge is -2.40. The Kier molecular flexibility index (Phi) is 2.49. The monoisotopic (exact) mass is 291 g/mol. The molecule has 5 atom stereocenters. The van der Waals surface area contributed by atoms with Crippen LogP contribution in [-0.2, 0) is 12.0 Å². The van der Waals surface area contributed by atoms with Crippen LogP contribution < -0.4 is 9.47 Å². The number of hydrogen-bond acceptors (Lipinski definition) is 4. The summed E-state index contributed by atoms with van der Waals surface area (Å²) < 4.78 is 28.7. The Morgan fingerprint density at radius 3 is 3.19 bits per heavy atom. The first-order valence-corrected chi connectivity index (χ1v) is 7.57. The number of hydrogen-bond donors (Lipinski definition) is 1. The molecule has 114 valence electrons. The molecule has 2 unspecified atom stereocenters. The Hall–Kier alpha value is -1.26. The molecule has 1 aromatic carbocycles. The smallest absolute Gasteiger partial charge is 0.165 e. The molecule has 1 aromatic rings. The molecule has 1 aliphatic carbocycles. The fourth-order valence-corrected chi connectivity index (χ4v) is 4.08. The van der Waals surface area contributed by atoms with Gasteiger partial charge >= 0.3 is 0 Å². The second-order valence-electron chi connectivity index (χ2n) is 6.43. The van der Waals surface area contributed by atoms with E-state index in [9.17, 15) is 5.11 Å². The number of benzene rings is 1. The van der Waals surface area contributed by atoms with Crippen LogP contribution in [-0.4, -0.2) is 42.9 Å². The van der Waals surface area contributed by atoms with Crippen molar-refractivity contribution in [3.05, 3.63) is 23.3 Å². The van der Waals surface area contributed by atoms with E-state index in [1.807, 2.05) is 6.07 Å². The first-order valence-electron chi connectivity index (χ1n) is 8.72. The SMILES string of the molecule is [2H]C1C([2H])[C@@]23CCN(C)Cc4ccc(OC)c(c42)O[C@H]3C[C@H]1O. The zero-order valence-electron chi connectivity index (χ0n) is 14.5. The van der Waals surface area contributed by atoms with E-state index in [-0.39, 0.29) is 6.10 Å². The van der Waals surface area contributed by atoms with Crippen LogP contribution in [0.1, 0.15) is 39.5 Å². The van der Waals surface area contributed by atoms with E-state index in [4.69, 9.17) is 12.2 Å². The van der Waals surface area contributed by atoms with Gasteiger partial charge in [-0.2, -0.15) is 0 Å².